The summed E-state index contributed by atoms with van der Waals surface area (Å²) >= 11 is 0. The van der Waals surface area contributed by atoms with Crippen molar-refractivity contribution >= 4 is 39.0 Å². The predicted molar refractivity (Wildman–Crippen MR) is 166 cm³/mol. The lowest BCUT2D eigenvalue weighted by atomic mass is 9.84. The van der Waals surface area contributed by atoms with Crippen molar-refractivity contribution in [3.05, 3.63) is 89.0 Å². The number of likely N-dealkylation sites (N-methyl/N-ethyl adjacent to an activating group) is 1. The molecule has 0 aliphatic carbocycles. The van der Waals surface area contributed by atoms with Gasteiger partial charge in [-0.25, -0.2) is 17.2 Å². The number of H-pyrrole nitrogens is 1. The number of aromatic amines is 1. The van der Waals surface area contributed by atoms with E-state index in [2.05, 4.69) is 30.6 Å². The minimum Gasteiger partial charge on any atom is -0.459 e. The molecule has 6 rings (SSSR count). The number of rotatable bonds is 7. The van der Waals surface area contributed by atoms with E-state index < -0.39 is 43.8 Å². The number of hydrogen-bond acceptors (Lipinski definition) is 8. The minimum atomic E-state index is -4.32. The summed E-state index contributed by atoms with van der Waals surface area (Å²) in [4.78, 5) is 30.6. The number of halogens is 2. The number of fused-ring (bicyclic) bond motifs is 1. The summed E-state index contributed by atoms with van der Waals surface area (Å²) < 4.78 is 61.3. The van der Waals surface area contributed by atoms with Crippen LogP contribution in [0.3, 0.4) is 0 Å². The van der Waals surface area contributed by atoms with Gasteiger partial charge in [0, 0.05) is 67.7 Å². The molecule has 2 amide bonds. The van der Waals surface area contributed by atoms with Gasteiger partial charge in [0.25, 0.3) is 11.8 Å². The van der Waals surface area contributed by atoms with Gasteiger partial charge in [0.15, 0.2) is 11.6 Å². The first kappa shape index (κ1) is 31.4. The lowest BCUT2D eigenvalue weighted by Gasteiger charge is -2.36. The Bertz CT molecular complexity index is 1880. The number of anilines is 3. The molecule has 1 fully saturated rings. The summed E-state index contributed by atoms with van der Waals surface area (Å²) in [7, 11) is -2.28. The number of aromatic nitrogens is 2. The van der Waals surface area contributed by atoms with Gasteiger partial charge >= 0.3 is 0 Å². The molecule has 46 heavy (non-hydrogen) atoms. The van der Waals surface area contributed by atoms with Gasteiger partial charge in [-0.2, -0.15) is 9.40 Å². The highest BCUT2D eigenvalue weighted by Crippen LogP contribution is 2.38. The van der Waals surface area contributed by atoms with Gasteiger partial charge in [0.2, 0.25) is 10.0 Å². The number of piperazine rings is 1. The van der Waals surface area contributed by atoms with E-state index in [1.807, 2.05) is 7.05 Å². The van der Waals surface area contributed by atoms with Crippen LogP contribution in [-0.4, -0.2) is 79.4 Å². The van der Waals surface area contributed by atoms with Crippen LogP contribution in [0.2, 0.25) is 0 Å². The third-order valence-corrected chi connectivity index (χ3v) is 10.0. The molecule has 0 atom stereocenters. The van der Waals surface area contributed by atoms with Gasteiger partial charge in [-0.1, -0.05) is 13.8 Å². The van der Waals surface area contributed by atoms with Crippen LogP contribution in [0.25, 0.3) is 0 Å². The molecule has 242 valence electrons. The maximum absolute atomic E-state index is 14.0. The fraction of sp³-hybridized carbons (Fsp3) is 0.323. The van der Waals surface area contributed by atoms with Crippen molar-refractivity contribution in [3.8, 4) is 0 Å². The Labute approximate surface area is 264 Å². The SMILES string of the molecule is CN1CCN(c2ccc(C(=O)Nc3n[nH]c4c3CN(S(=O)(=O)c3cc(F)cc(F)c3)CC4(C)C)c(NC(=O)c3ccco3)c2)CC1. The van der Waals surface area contributed by atoms with Gasteiger partial charge in [0.05, 0.1) is 22.4 Å². The van der Waals surface area contributed by atoms with E-state index in [0.29, 0.717) is 17.3 Å². The van der Waals surface area contributed by atoms with Crippen molar-refractivity contribution in [1.29, 1.82) is 0 Å². The molecule has 2 aromatic carbocycles. The van der Waals surface area contributed by atoms with E-state index in [0.717, 1.165) is 48.3 Å². The molecule has 0 bridgehead atoms. The molecule has 4 aromatic rings. The van der Waals surface area contributed by atoms with Crippen molar-refractivity contribution in [2.45, 2.75) is 30.7 Å². The number of hydrogen-bond donors (Lipinski definition) is 3. The van der Waals surface area contributed by atoms with Crippen LogP contribution < -0.4 is 15.5 Å². The van der Waals surface area contributed by atoms with E-state index in [-0.39, 0.29) is 35.9 Å². The highest BCUT2D eigenvalue weighted by Gasteiger charge is 2.41. The molecule has 15 heteroatoms. The van der Waals surface area contributed by atoms with Gasteiger partial charge in [-0.3, -0.25) is 14.7 Å². The van der Waals surface area contributed by atoms with Crippen molar-refractivity contribution < 1.29 is 31.2 Å². The van der Waals surface area contributed by atoms with Crippen LogP contribution in [-0.2, 0) is 22.0 Å². The Morgan fingerprint density at radius 2 is 1.70 bits per heavy atom. The van der Waals surface area contributed by atoms with Crippen LogP contribution in [0, 0.1) is 11.6 Å². The molecule has 3 N–H and O–H groups in total. The monoisotopic (exact) mass is 653 g/mol. The van der Waals surface area contributed by atoms with E-state index in [1.54, 1.807) is 38.1 Å². The molecular weight excluding hydrogens is 620 g/mol. The first-order valence-corrected chi connectivity index (χ1v) is 16.0. The van der Waals surface area contributed by atoms with Crippen molar-refractivity contribution in [2.24, 2.45) is 0 Å². The van der Waals surface area contributed by atoms with Crippen LogP contribution >= 0.6 is 0 Å². The molecule has 2 aromatic heterocycles. The second-order valence-electron chi connectivity index (χ2n) is 12.1. The molecule has 12 nitrogen and oxygen atoms in total. The number of furan rings is 1. The summed E-state index contributed by atoms with van der Waals surface area (Å²) in [6, 6.07) is 10.4. The minimum absolute atomic E-state index is 0.00718. The second kappa shape index (κ2) is 12.0. The van der Waals surface area contributed by atoms with Crippen molar-refractivity contribution in [3.63, 3.8) is 0 Å². The molecule has 2 aliphatic rings. The number of sulfonamides is 1. The van der Waals surface area contributed by atoms with Crippen molar-refractivity contribution in [1.82, 2.24) is 19.4 Å². The van der Waals surface area contributed by atoms with Gasteiger partial charge in [-0.05, 0) is 49.5 Å². The standard InChI is InChI=1S/C31H33F2N7O5S/c1-31(2)18-40(46(43,44)22-14-19(32)13-20(33)15-22)17-24-27(31)36-37-28(24)35-29(41)23-7-6-21(39-10-8-38(3)9-11-39)16-25(23)34-30(42)26-5-4-12-45-26/h4-7,12-16H,8-11,17-18H2,1-3H3,(H,34,42)(H2,35,36,37,41). The molecule has 2 aliphatic heterocycles. The summed E-state index contributed by atoms with van der Waals surface area (Å²) in [5.41, 5.74) is 1.43. The number of carbonyl (C=O) groups excluding carboxylic acids is 2. The topological polar surface area (TPSA) is 144 Å². The lowest BCUT2D eigenvalue weighted by molar-refractivity contribution is 0.0996. The third kappa shape index (κ3) is 6.12. The Kier molecular flexibility index (Phi) is 8.16. The first-order chi connectivity index (χ1) is 21.8. The molecule has 0 saturated carbocycles. The zero-order chi connectivity index (χ0) is 32.8. The first-order valence-electron chi connectivity index (χ1n) is 14.6. The Balaban J connectivity index is 1.30. The fourth-order valence-electron chi connectivity index (χ4n) is 5.79. The number of benzene rings is 2. The smallest absolute Gasteiger partial charge is 0.291 e. The molecule has 1 saturated heterocycles. The summed E-state index contributed by atoms with van der Waals surface area (Å²) in [5, 5.41) is 12.8. The van der Waals surface area contributed by atoms with E-state index >= 15 is 0 Å². The summed E-state index contributed by atoms with van der Waals surface area (Å²) in [5.74, 6) is -3.01. The maximum Gasteiger partial charge on any atom is 0.291 e. The Morgan fingerprint density at radius 3 is 2.37 bits per heavy atom. The maximum atomic E-state index is 14.0. The molecular formula is C31H33F2N7O5S. The largest absolute Gasteiger partial charge is 0.459 e. The average molecular weight is 654 g/mol. The summed E-state index contributed by atoms with van der Waals surface area (Å²) in [6.07, 6.45) is 1.37. The van der Waals surface area contributed by atoms with Crippen molar-refractivity contribution in [2.75, 3.05) is 55.3 Å². The lowest BCUT2D eigenvalue weighted by Crippen LogP contribution is -2.45. The average Bonchev–Trinajstić information content (AvgIpc) is 3.68. The van der Waals surface area contributed by atoms with Crippen LogP contribution in [0.1, 0.15) is 46.0 Å². The highest BCUT2D eigenvalue weighted by molar-refractivity contribution is 7.89. The molecule has 0 spiro atoms. The fourth-order valence-corrected chi connectivity index (χ4v) is 7.41. The zero-order valence-corrected chi connectivity index (χ0v) is 26.2. The second-order valence-corrected chi connectivity index (χ2v) is 14.0. The van der Waals surface area contributed by atoms with Gasteiger partial charge in [-0.15, -0.1) is 0 Å². The Hall–Kier alpha value is -4.60. The van der Waals surface area contributed by atoms with E-state index in [4.69, 9.17) is 4.42 Å². The van der Waals surface area contributed by atoms with Gasteiger partial charge in [0.1, 0.15) is 11.6 Å². The number of nitrogens with one attached hydrogen (secondary N) is 3. The van der Waals surface area contributed by atoms with Crippen LogP contribution in [0.15, 0.2) is 64.1 Å². The number of carbonyl (C=O) groups is 2. The normalized spacial score (nSPS) is 17.0. The van der Waals surface area contributed by atoms with Gasteiger partial charge < -0.3 is 24.9 Å². The van der Waals surface area contributed by atoms with Crippen LogP contribution in [0.5, 0.6) is 0 Å². The van der Waals surface area contributed by atoms with E-state index in [9.17, 15) is 26.8 Å². The molecule has 4 heterocycles. The quantitative estimate of drug-likeness (QED) is 0.272. The Morgan fingerprint density at radius 1 is 0.978 bits per heavy atom. The van der Waals surface area contributed by atoms with E-state index in [1.165, 1.54) is 12.3 Å². The predicted octanol–water partition coefficient (Wildman–Crippen LogP) is 4.02. The summed E-state index contributed by atoms with van der Waals surface area (Å²) in [6.45, 7) is 6.62. The molecule has 0 unspecified atom stereocenters. The third-order valence-electron chi connectivity index (χ3n) is 8.27. The molecule has 0 radical (unpaired) electrons. The number of amides is 2. The van der Waals surface area contributed by atoms with Crippen LogP contribution in [0.4, 0.5) is 26.0 Å². The highest BCUT2D eigenvalue weighted by atomic mass is 32.2. The zero-order valence-electron chi connectivity index (χ0n) is 25.4. The number of nitrogens with zero attached hydrogens (tertiary/aromatic N) is 4.